The van der Waals surface area contributed by atoms with Crippen molar-refractivity contribution >= 4 is 38.4 Å². The van der Waals surface area contributed by atoms with Crippen molar-refractivity contribution in [2.45, 2.75) is 37.8 Å². The number of aromatic nitrogens is 1. The van der Waals surface area contributed by atoms with Crippen molar-refractivity contribution in [3.05, 3.63) is 59.1 Å². The summed E-state index contributed by atoms with van der Waals surface area (Å²) in [5.74, 6) is 0.00533. The van der Waals surface area contributed by atoms with E-state index >= 15 is 0 Å². The van der Waals surface area contributed by atoms with Gasteiger partial charge in [0.2, 0.25) is 0 Å². The van der Waals surface area contributed by atoms with E-state index in [0.717, 1.165) is 25.7 Å². The van der Waals surface area contributed by atoms with E-state index in [1.165, 1.54) is 28.4 Å². The number of thiazole rings is 1. The lowest BCUT2D eigenvalue weighted by Gasteiger charge is -2.35. The van der Waals surface area contributed by atoms with E-state index in [9.17, 15) is 14.0 Å². The van der Waals surface area contributed by atoms with E-state index in [1.807, 2.05) is 0 Å². The van der Waals surface area contributed by atoms with Crippen LogP contribution < -0.4 is 14.4 Å². The van der Waals surface area contributed by atoms with E-state index in [0.29, 0.717) is 38.0 Å². The lowest BCUT2D eigenvalue weighted by Crippen LogP contribution is -2.39. The molecule has 1 aliphatic carbocycles. The highest BCUT2D eigenvalue weighted by molar-refractivity contribution is 7.22. The minimum atomic E-state index is -0.802. The normalized spacial score (nSPS) is 23.9. The minimum absolute atomic E-state index is 0.0613. The van der Waals surface area contributed by atoms with Crippen molar-refractivity contribution in [3.63, 3.8) is 0 Å². The van der Waals surface area contributed by atoms with Gasteiger partial charge in [0.1, 0.15) is 29.5 Å². The Kier molecular flexibility index (Phi) is 5.25. The van der Waals surface area contributed by atoms with Crippen molar-refractivity contribution < 1.29 is 28.2 Å². The molecular weight excluding hydrogens is 471 g/mol. The van der Waals surface area contributed by atoms with Gasteiger partial charge in [0.05, 0.1) is 35.9 Å². The van der Waals surface area contributed by atoms with Gasteiger partial charge in [-0.15, -0.1) is 0 Å². The van der Waals surface area contributed by atoms with Crippen LogP contribution in [0.3, 0.4) is 0 Å². The number of fused-ring (bicyclic) bond motifs is 2. The first-order valence-corrected chi connectivity index (χ1v) is 12.4. The summed E-state index contributed by atoms with van der Waals surface area (Å²) in [4.78, 5) is 33.8. The first-order valence-electron chi connectivity index (χ1n) is 11.6. The van der Waals surface area contributed by atoms with E-state index in [4.69, 9.17) is 14.2 Å². The molecule has 0 saturated heterocycles. The van der Waals surface area contributed by atoms with Gasteiger partial charge in [-0.1, -0.05) is 17.8 Å². The smallest absolute Gasteiger partial charge is 0.296 e. The molecule has 9 heteroatoms. The molecule has 1 fully saturated rings. The number of Topliss-reactive ketones (excluding diaryl/α,β-unsaturated/α-hetero) is 1. The Bertz CT molecular complexity index is 1400. The van der Waals surface area contributed by atoms with Gasteiger partial charge in [0, 0.05) is 5.56 Å². The van der Waals surface area contributed by atoms with Gasteiger partial charge in [-0.3, -0.25) is 14.5 Å². The number of carbonyl (C=O) groups is 2. The topological polar surface area (TPSA) is 78.0 Å². The second-order valence-corrected chi connectivity index (χ2v) is 9.96. The number of rotatable bonds is 4. The molecule has 3 aromatic rings. The average Bonchev–Trinajstić information content (AvgIpc) is 3.41. The number of hydrogen-bond donors (Lipinski definition) is 0. The number of ketones is 1. The maximum Gasteiger partial charge on any atom is 0.296 e. The maximum absolute atomic E-state index is 13.9. The van der Waals surface area contributed by atoms with Crippen LogP contribution in [-0.2, 0) is 14.3 Å². The maximum atomic E-state index is 13.9. The molecule has 2 aliphatic heterocycles. The second kappa shape index (κ2) is 8.34. The molecule has 3 atom stereocenters. The number of benzene rings is 2. The molecule has 7 nitrogen and oxygen atoms in total. The highest BCUT2D eigenvalue weighted by atomic mass is 32.1. The predicted octanol–water partition coefficient (Wildman–Crippen LogP) is 4.95. The molecule has 3 aliphatic rings. The first kappa shape index (κ1) is 22.0. The molecule has 3 unspecified atom stereocenters. The minimum Gasteiger partial charge on any atom is -0.497 e. The fourth-order valence-corrected chi connectivity index (χ4v) is 6.40. The SMILES string of the molecule is COc1ccc(OC)c(C2C3=C(OC4CCCCC4C3=O)C(=O)N2c2nc3ccc(F)cc3s2)c1. The van der Waals surface area contributed by atoms with Gasteiger partial charge in [-0.25, -0.2) is 9.37 Å². The summed E-state index contributed by atoms with van der Waals surface area (Å²) in [6.07, 6.45) is 3.10. The highest BCUT2D eigenvalue weighted by Crippen LogP contribution is 2.51. The van der Waals surface area contributed by atoms with Crippen LogP contribution in [0.1, 0.15) is 37.3 Å². The van der Waals surface area contributed by atoms with Gasteiger partial charge in [0.15, 0.2) is 16.7 Å². The molecule has 0 N–H and O–H groups in total. The van der Waals surface area contributed by atoms with E-state index in [2.05, 4.69) is 4.98 Å². The Morgan fingerprint density at radius 3 is 2.71 bits per heavy atom. The fraction of sp³-hybridized carbons (Fsp3) is 0.346. The van der Waals surface area contributed by atoms with Gasteiger partial charge in [-0.2, -0.15) is 0 Å². The summed E-state index contributed by atoms with van der Waals surface area (Å²) in [5, 5.41) is 0.360. The van der Waals surface area contributed by atoms with Gasteiger partial charge < -0.3 is 14.2 Å². The molecule has 6 rings (SSSR count). The van der Waals surface area contributed by atoms with Crippen molar-refractivity contribution in [2.75, 3.05) is 19.1 Å². The van der Waals surface area contributed by atoms with Crippen LogP contribution in [0.25, 0.3) is 10.2 Å². The molecule has 2 aromatic carbocycles. The molecule has 1 aromatic heterocycles. The third kappa shape index (κ3) is 3.40. The zero-order chi connectivity index (χ0) is 24.3. The van der Waals surface area contributed by atoms with Crippen molar-refractivity contribution in [1.29, 1.82) is 0 Å². The zero-order valence-electron chi connectivity index (χ0n) is 19.2. The molecule has 3 heterocycles. The van der Waals surface area contributed by atoms with Crippen LogP contribution in [0.2, 0.25) is 0 Å². The number of amides is 1. The average molecular weight is 495 g/mol. The number of ether oxygens (including phenoxy) is 3. The van der Waals surface area contributed by atoms with E-state index in [-0.39, 0.29) is 29.4 Å². The summed E-state index contributed by atoms with van der Waals surface area (Å²) in [5.41, 5.74) is 1.50. The number of carbonyl (C=O) groups excluding carboxylic acids is 2. The van der Waals surface area contributed by atoms with Gasteiger partial charge in [0.25, 0.3) is 5.91 Å². The second-order valence-electron chi connectivity index (χ2n) is 8.95. The van der Waals surface area contributed by atoms with E-state index < -0.39 is 11.9 Å². The molecule has 0 radical (unpaired) electrons. The number of methoxy groups -OCH3 is 2. The molecule has 180 valence electrons. The van der Waals surface area contributed by atoms with Crippen molar-refractivity contribution in [3.8, 4) is 11.5 Å². The van der Waals surface area contributed by atoms with Crippen LogP contribution in [0, 0.1) is 11.7 Å². The zero-order valence-corrected chi connectivity index (χ0v) is 20.1. The third-order valence-corrected chi connectivity index (χ3v) is 8.06. The number of nitrogens with zero attached hydrogens (tertiary/aromatic N) is 2. The molecule has 1 amide bonds. The summed E-state index contributed by atoms with van der Waals surface area (Å²) < 4.78 is 31.8. The summed E-state index contributed by atoms with van der Waals surface area (Å²) in [7, 11) is 3.09. The number of anilines is 1. The van der Waals surface area contributed by atoms with Crippen LogP contribution in [-0.4, -0.2) is 37.0 Å². The van der Waals surface area contributed by atoms with E-state index in [1.54, 1.807) is 38.5 Å². The lowest BCUT2D eigenvalue weighted by molar-refractivity contribution is -0.131. The Morgan fingerprint density at radius 1 is 1.09 bits per heavy atom. The standard InChI is InChI=1S/C26H23FN2O5S/c1-32-14-8-10-18(33-2)16(12-14)22-21-23(30)15-5-3-4-6-19(15)34-24(21)25(31)29(22)26-28-17-9-7-13(27)11-20(17)35-26/h7-12,15,19,22H,3-6H2,1-2H3. The molecule has 1 saturated carbocycles. The number of hydrogen-bond acceptors (Lipinski definition) is 7. The molecule has 0 spiro atoms. The van der Waals surface area contributed by atoms with Crippen LogP contribution >= 0.6 is 11.3 Å². The van der Waals surface area contributed by atoms with Gasteiger partial charge >= 0.3 is 0 Å². The summed E-state index contributed by atoms with van der Waals surface area (Å²) in [6.45, 7) is 0. The van der Waals surface area contributed by atoms with Crippen LogP contribution in [0.15, 0.2) is 47.7 Å². The Morgan fingerprint density at radius 2 is 1.91 bits per heavy atom. The van der Waals surface area contributed by atoms with Crippen LogP contribution in [0.5, 0.6) is 11.5 Å². The molecule has 35 heavy (non-hydrogen) atoms. The Hall–Kier alpha value is -3.46. The monoisotopic (exact) mass is 494 g/mol. The quantitative estimate of drug-likeness (QED) is 0.511. The Balaban J connectivity index is 1.56. The fourth-order valence-electron chi connectivity index (χ4n) is 5.38. The predicted molar refractivity (Wildman–Crippen MR) is 128 cm³/mol. The van der Waals surface area contributed by atoms with Crippen molar-refractivity contribution in [2.24, 2.45) is 5.92 Å². The molecule has 0 bridgehead atoms. The van der Waals surface area contributed by atoms with Crippen LogP contribution in [0.4, 0.5) is 9.52 Å². The van der Waals surface area contributed by atoms with Crippen molar-refractivity contribution in [1.82, 2.24) is 4.98 Å². The summed E-state index contributed by atoms with van der Waals surface area (Å²) in [6, 6.07) is 8.78. The third-order valence-electron chi connectivity index (χ3n) is 7.04. The Labute approximate surface area is 205 Å². The van der Waals surface area contributed by atoms with Gasteiger partial charge in [-0.05, 0) is 55.7 Å². The first-order chi connectivity index (χ1) is 17.0. The highest BCUT2D eigenvalue weighted by Gasteiger charge is 2.53. The number of halogens is 1. The lowest BCUT2D eigenvalue weighted by atomic mass is 9.77. The largest absolute Gasteiger partial charge is 0.497 e. The molecular formula is C26H23FN2O5S. The summed E-state index contributed by atoms with van der Waals surface area (Å²) >= 11 is 1.19.